The molecule has 0 spiro atoms. The molecule has 0 aromatic heterocycles. The number of aliphatic hydroxyl groups excluding tert-OH is 1. The van der Waals surface area contributed by atoms with Crippen molar-refractivity contribution in [3.05, 3.63) is 23.2 Å². The first-order valence-electron chi connectivity index (χ1n) is 14.3. The van der Waals surface area contributed by atoms with Gasteiger partial charge >= 0.3 is 0 Å². The van der Waals surface area contributed by atoms with E-state index in [2.05, 4.69) is 39.5 Å². The van der Waals surface area contributed by atoms with E-state index in [1.165, 1.54) is 0 Å². The number of carbonyl (C=O) groups is 2. The van der Waals surface area contributed by atoms with Crippen molar-refractivity contribution in [2.45, 2.75) is 113 Å². The van der Waals surface area contributed by atoms with Gasteiger partial charge in [0.1, 0.15) is 5.78 Å². The van der Waals surface area contributed by atoms with E-state index in [1.807, 2.05) is 19.9 Å². The normalized spacial score (nSPS) is 50.9. The number of allylic oxidation sites excluding steroid dienone is 2. The Morgan fingerprint density at radius 3 is 2.22 bits per heavy atom. The maximum Gasteiger partial charge on any atom is 0.226 e. The maximum atomic E-state index is 13.3. The Balaban J connectivity index is 1.64. The van der Waals surface area contributed by atoms with Crippen molar-refractivity contribution in [3.8, 4) is 0 Å². The van der Waals surface area contributed by atoms with Crippen LogP contribution in [0.2, 0.25) is 0 Å². The molecule has 4 nitrogen and oxygen atoms in total. The van der Waals surface area contributed by atoms with Crippen molar-refractivity contribution in [3.63, 3.8) is 0 Å². The highest BCUT2D eigenvalue weighted by atomic mass is 16.3. The fourth-order valence-corrected chi connectivity index (χ4v) is 11.2. The van der Waals surface area contributed by atoms with E-state index >= 15 is 0 Å². The average Bonchev–Trinajstić information content (AvgIpc) is 2.77. The summed E-state index contributed by atoms with van der Waals surface area (Å²) in [7, 11) is 0. The van der Waals surface area contributed by atoms with Gasteiger partial charge in [0, 0.05) is 10.8 Å². The summed E-state index contributed by atoms with van der Waals surface area (Å²) in [4.78, 5) is 30.2. The SMILES string of the molecule is [C-]#[N+]C1=C[C@]2(C)[C@H]3CC(O)C4C5CC(C)(C)CC[C@]5(C(C)=O)CC[C@@]4(C)[C@]3(C)CC[C@H]2C(C)(C)C1=O. The number of nitrogens with zero attached hydrogens (tertiary/aromatic N) is 1. The topological polar surface area (TPSA) is 58.7 Å². The van der Waals surface area contributed by atoms with E-state index in [0.717, 1.165) is 44.9 Å². The lowest BCUT2D eigenvalue weighted by atomic mass is 9.31. The molecule has 4 heteroatoms. The predicted molar refractivity (Wildman–Crippen MR) is 142 cm³/mol. The molecule has 0 amide bonds. The summed E-state index contributed by atoms with van der Waals surface area (Å²) in [6.45, 7) is 25.5. The molecular weight excluding hydrogens is 446 g/mol. The van der Waals surface area contributed by atoms with Gasteiger partial charge in [0.2, 0.25) is 5.70 Å². The number of rotatable bonds is 1. The van der Waals surface area contributed by atoms with Crippen LogP contribution in [-0.2, 0) is 9.59 Å². The zero-order valence-electron chi connectivity index (χ0n) is 23.8. The summed E-state index contributed by atoms with van der Waals surface area (Å²) in [5.74, 6) is 1.01. The Morgan fingerprint density at radius 1 is 0.972 bits per heavy atom. The molecule has 0 aromatic rings. The lowest BCUT2D eigenvalue weighted by Gasteiger charge is -2.73. The van der Waals surface area contributed by atoms with Gasteiger partial charge in [-0.2, -0.15) is 0 Å². The summed E-state index contributed by atoms with van der Waals surface area (Å²) >= 11 is 0. The molecule has 4 saturated carbocycles. The van der Waals surface area contributed by atoms with E-state index in [1.54, 1.807) is 6.92 Å². The van der Waals surface area contributed by atoms with Crippen LogP contribution in [0.15, 0.2) is 11.8 Å². The van der Waals surface area contributed by atoms with E-state index in [-0.39, 0.29) is 62.2 Å². The molecule has 5 aliphatic rings. The molecule has 0 saturated heterocycles. The van der Waals surface area contributed by atoms with Crippen LogP contribution in [0.4, 0.5) is 0 Å². The van der Waals surface area contributed by atoms with Gasteiger partial charge < -0.3 is 9.90 Å². The molecule has 0 bridgehead atoms. The van der Waals surface area contributed by atoms with Gasteiger partial charge in [-0.25, -0.2) is 4.85 Å². The Morgan fingerprint density at radius 2 is 1.61 bits per heavy atom. The first kappa shape index (κ1) is 26.1. The smallest absolute Gasteiger partial charge is 0.226 e. The van der Waals surface area contributed by atoms with Crippen LogP contribution >= 0.6 is 0 Å². The van der Waals surface area contributed by atoms with Crippen molar-refractivity contribution in [1.29, 1.82) is 0 Å². The number of fused-ring (bicyclic) bond motifs is 7. The Labute approximate surface area is 218 Å². The molecule has 3 unspecified atom stereocenters. The van der Waals surface area contributed by atoms with Gasteiger partial charge in [-0.05, 0) is 104 Å². The minimum Gasteiger partial charge on any atom is -0.393 e. The zero-order valence-corrected chi connectivity index (χ0v) is 23.8. The second kappa shape index (κ2) is 7.56. The first-order valence-corrected chi connectivity index (χ1v) is 14.3. The van der Waals surface area contributed by atoms with Crippen molar-refractivity contribution in [1.82, 2.24) is 0 Å². The van der Waals surface area contributed by atoms with Crippen molar-refractivity contribution < 1.29 is 14.7 Å². The molecule has 0 aromatic carbocycles. The van der Waals surface area contributed by atoms with Gasteiger partial charge in [-0.15, -0.1) is 0 Å². The molecule has 5 aliphatic carbocycles. The fourth-order valence-electron chi connectivity index (χ4n) is 11.2. The van der Waals surface area contributed by atoms with Crippen LogP contribution in [0.1, 0.15) is 107 Å². The minimum absolute atomic E-state index is 0.0163. The van der Waals surface area contributed by atoms with Crippen molar-refractivity contribution in [2.75, 3.05) is 0 Å². The Kier molecular flexibility index (Phi) is 5.49. The van der Waals surface area contributed by atoms with E-state index in [0.29, 0.717) is 12.2 Å². The lowest BCUT2D eigenvalue weighted by Crippen LogP contribution is -2.70. The van der Waals surface area contributed by atoms with Gasteiger partial charge in [-0.1, -0.05) is 54.5 Å². The molecule has 9 atom stereocenters. The monoisotopic (exact) mass is 493 g/mol. The van der Waals surface area contributed by atoms with E-state index in [4.69, 9.17) is 6.57 Å². The second-order valence-corrected chi connectivity index (χ2v) is 15.6. The third-order valence-electron chi connectivity index (χ3n) is 13.4. The summed E-state index contributed by atoms with van der Waals surface area (Å²) in [5, 5.41) is 12.1. The summed E-state index contributed by atoms with van der Waals surface area (Å²) < 4.78 is 0. The Hall–Kier alpha value is -1.47. The lowest BCUT2D eigenvalue weighted by molar-refractivity contribution is -0.256. The summed E-state index contributed by atoms with van der Waals surface area (Å²) in [6, 6.07) is 0. The van der Waals surface area contributed by atoms with E-state index in [9.17, 15) is 14.7 Å². The highest BCUT2D eigenvalue weighted by molar-refractivity contribution is 6.02. The number of hydrogen-bond acceptors (Lipinski definition) is 3. The van der Waals surface area contributed by atoms with Crippen molar-refractivity contribution in [2.24, 2.45) is 56.2 Å². The van der Waals surface area contributed by atoms with Crippen molar-refractivity contribution >= 4 is 11.6 Å². The number of hydrogen-bond donors (Lipinski definition) is 1. The number of ketones is 2. The fraction of sp³-hybridized carbons (Fsp3) is 0.844. The van der Waals surface area contributed by atoms with Gasteiger partial charge in [0.15, 0.2) is 5.78 Å². The molecular formula is C32H47NO3. The molecule has 1 N–H and O–H groups in total. The quantitative estimate of drug-likeness (QED) is 0.399. The van der Waals surface area contributed by atoms with Crippen LogP contribution in [-0.4, -0.2) is 22.8 Å². The third-order valence-corrected chi connectivity index (χ3v) is 13.4. The number of aliphatic hydroxyl groups is 1. The van der Waals surface area contributed by atoms with E-state index < -0.39 is 11.5 Å². The van der Waals surface area contributed by atoms with Crippen LogP contribution in [0.3, 0.4) is 0 Å². The highest BCUT2D eigenvalue weighted by Gasteiger charge is 2.72. The zero-order chi connectivity index (χ0) is 26.7. The largest absolute Gasteiger partial charge is 0.393 e. The molecule has 0 aliphatic heterocycles. The molecule has 0 heterocycles. The minimum atomic E-state index is -0.572. The standard InChI is InChI=1S/C32H47NO3/c1-19(34)32-14-12-27(2,3)17-20(32)25-22(35)16-24-29(6)18-21(33-9)26(36)28(4,5)23(29)10-11-30(24,7)31(25,8)13-15-32/h18,20,22-25,35H,10-17H2,1-8H3/t20?,22?,23-,24+,25?,29-,30+,31+,32+/m0/s1. The first-order chi connectivity index (χ1) is 16.5. The van der Waals surface area contributed by atoms with Gasteiger partial charge in [0.25, 0.3) is 0 Å². The molecule has 4 fully saturated rings. The molecule has 36 heavy (non-hydrogen) atoms. The average molecular weight is 494 g/mol. The van der Waals surface area contributed by atoms with Crippen LogP contribution in [0, 0.1) is 62.7 Å². The number of carbonyl (C=O) groups excluding carboxylic acids is 2. The van der Waals surface area contributed by atoms with Crippen LogP contribution < -0.4 is 0 Å². The molecule has 0 radical (unpaired) electrons. The van der Waals surface area contributed by atoms with Crippen LogP contribution in [0.25, 0.3) is 4.85 Å². The highest BCUT2D eigenvalue weighted by Crippen LogP contribution is 2.76. The summed E-state index contributed by atoms with van der Waals surface area (Å²) in [5.41, 5.74) is -0.800. The third kappa shape index (κ3) is 3.02. The molecule has 5 rings (SSSR count). The Bertz CT molecular complexity index is 1080. The van der Waals surface area contributed by atoms with Gasteiger partial charge in [-0.3, -0.25) is 4.79 Å². The number of Topliss-reactive ketones (excluding diaryl/α,β-unsaturated/α-hetero) is 2. The second-order valence-electron chi connectivity index (χ2n) is 15.6. The van der Waals surface area contributed by atoms with Gasteiger partial charge in [0.05, 0.1) is 12.7 Å². The molecule has 198 valence electrons. The summed E-state index contributed by atoms with van der Waals surface area (Å²) in [6.07, 6.45) is 9.20. The predicted octanol–water partition coefficient (Wildman–Crippen LogP) is 7.02. The van der Waals surface area contributed by atoms with Crippen LogP contribution in [0.5, 0.6) is 0 Å². The maximum absolute atomic E-state index is 13.3.